The minimum absolute atomic E-state index is 0.168. The Morgan fingerprint density at radius 3 is 2.62 bits per heavy atom. The van der Waals surface area contributed by atoms with E-state index >= 15 is 0 Å². The number of halogens is 1. The minimum atomic E-state index is 0.168. The molecule has 1 aromatic heterocycles. The smallest absolute Gasteiger partial charge is 0.0931 e. The van der Waals surface area contributed by atoms with Gasteiger partial charge in [0.15, 0.2) is 0 Å². The number of thiophene rings is 1. The van der Waals surface area contributed by atoms with Crippen LogP contribution in [0.5, 0.6) is 0 Å². The molecule has 0 saturated heterocycles. The van der Waals surface area contributed by atoms with Crippen LogP contribution in [0.15, 0.2) is 12.1 Å². The highest BCUT2D eigenvalue weighted by Gasteiger charge is 2.16. The minimum Gasteiger partial charge on any atom is -0.314 e. The lowest BCUT2D eigenvalue weighted by Gasteiger charge is -2.29. The fraction of sp³-hybridized carbons (Fsp3) is 0.667. The van der Waals surface area contributed by atoms with Gasteiger partial charge in [0.2, 0.25) is 0 Å². The lowest BCUT2D eigenvalue weighted by atomic mass is 10.1. The number of nitrogens with zero attached hydrogens (tertiary/aromatic N) is 1. The van der Waals surface area contributed by atoms with Crippen LogP contribution in [0, 0.1) is 0 Å². The summed E-state index contributed by atoms with van der Waals surface area (Å²) in [6.07, 6.45) is 1.08. The Hall–Kier alpha value is -0.0900. The van der Waals surface area contributed by atoms with E-state index in [-0.39, 0.29) is 5.54 Å². The zero-order valence-corrected chi connectivity index (χ0v) is 12.1. The van der Waals surface area contributed by atoms with Crippen molar-refractivity contribution in [2.24, 2.45) is 0 Å². The number of rotatable bonds is 6. The van der Waals surface area contributed by atoms with E-state index in [1.54, 1.807) is 11.3 Å². The molecule has 0 aliphatic heterocycles. The molecular weight excluding hydrogens is 240 g/mol. The van der Waals surface area contributed by atoms with Gasteiger partial charge in [-0.05, 0) is 46.5 Å². The number of hydrogen-bond acceptors (Lipinski definition) is 3. The van der Waals surface area contributed by atoms with Crippen molar-refractivity contribution in [3.05, 3.63) is 21.3 Å². The Balaban J connectivity index is 2.33. The van der Waals surface area contributed by atoms with Gasteiger partial charge in [-0.25, -0.2) is 0 Å². The van der Waals surface area contributed by atoms with Crippen molar-refractivity contribution in [3.63, 3.8) is 0 Å². The molecule has 0 spiro atoms. The standard InChI is InChI=1S/C12H21ClN2S/c1-12(2,14-3)9-15(4)8-7-10-5-6-11(13)16-10/h5-6,14H,7-9H2,1-4H3. The fourth-order valence-corrected chi connectivity index (χ4v) is 2.70. The lowest BCUT2D eigenvalue weighted by molar-refractivity contribution is 0.247. The molecule has 1 heterocycles. The Kier molecular flexibility index (Phi) is 5.25. The van der Waals surface area contributed by atoms with E-state index in [9.17, 15) is 0 Å². The zero-order valence-electron chi connectivity index (χ0n) is 10.5. The van der Waals surface area contributed by atoms with Crippen molar-refractivity contribution >= 4 is 22.9 Å². The summed E-state index contributed by atoms with van der Waals surface area (Å²) in [4.78, 5) is 3.71. The normalized spacial score (nSPS) is 12.4. The van der Waals surface area contributed by atoms with Crippen LogP contribution < -0.4 is 5.32 Å². The zero-order chi connectivity index (χ0) is 12.2. The SMILES string of the molecule is CNC(C)(C)CN(C)CCc1ccc(Cl)s1. The van der Waals surface area contributed by atoms with Gasteiger partial charge >= 0.3 is 0 Å². The molecule has 0 fully saturated rings. The molecule has 4 heteroatoms. The summed E-state index contributed by atoms with van der Waals surface area (Å²) in [5.74, 6) is 0. The monoisotopic (exact) mass is 260 g/mol. The Morgan fingerprint density at radius 2 is 2.12 bits per heavy atom. The van der Waals surface area contributed by atoms with Gasteiger partial charge in [-0.3, -0.25) is 0 Å². The van der Waals surface area contributed by atoms with Crippen LogP contribution >= 0.6 is 22.9 Å². The van der Waals surface area contributed by atoms with Crippen molar-refractivity contribution < 1.29 is 0 Å². The third-order valence-electron chi connectivity index (χ3n) is 2.71. The molecule has 92 valence electrons. The van der Waals surface area contributed by atoms with E-state index in [0.29, 0.717) is 0 Å². The number of likely N-dealkylation sites (N-methyl/N-ethyl adjacent to an activating group) is 2. The second-order valence-electron chi connectivity index (χ2n) is 4.83. The first kappa shape index (κ1) is 14.0. The van der Waals surface area contributed by atoms with Crippen molar-refractivity contribution in [2.75, 3.05) is 27.2 Å². The Labute approximate surface area is 108 Å². The summed E-state index contributed by atoms with van der Waals surface area (Å²) < 4.78 is 0.883. The molecule has 0 radical (unpaired) electrons. The van der Waals surface area contributed by atoms with Crippen LogP contribution in [0.1, 0.15) is 18.7 Å². The quantitative estimate of drug-likeness (QED) is 0.846. The number of nitrogens with one attached hydrogen (secondary N) is 1. The van der Waals surface area contributed by atoms with Crippen molar-refractivity contribution in [2.45, 2.75) is 25.8 Å². The van der Waals surface area contributed by atoms with E-state index in [0.717, 1.165) is 23.8 Å². The second kappa shape index (κ2) is 6.01. The van der Waals surface area contributed by atoms with Crippen molar-refractivity contribution in [1.29, 1.82) is 0 Å². The largest absolute Gasteiger partial charge is 0.314 e. The average Bonchev–Trinajstić information content (AvgIpc) is 2.61. The highest BCUT2D eigenvalue weighted by molar-refractivity contribution is 7.16. The predicted octanol–water partition coefficient (Wildman–Crippen LogP) is 2.87. The summed E-state index contributed by atoms with van der Waals surface area (Å²) in [5, 5.41) is 3.31. The third-order valence-corrected chi connectivity index (χ3v) is 4.00. The molecule has 0 atom stereocenters. The molecule has 0 unspecified atom stereocenters. The lowest BCUT2D eigenvalue weighted by Crippen LogP contribution is -2.46. The molecule has 2 nitrogen and oxygen atoms in total. The molecule has 0 aliphatic rings. The van der Waals surface area contributed by atoms with Crippen molar-refractivity contribution in [1.82, 2.24) is 10.2 Å². The second-order valence-corrected chi connectivity index (χ2v) is 6.63. The van der Waals surface area contributed by atoms with Gasteiger partial charge in [-0.1, -0.05) is 11.6 Å². The third kappa shape index (κ3) is 4.83. The molecule has 0 amide bonds. The highest BCUT2D eigenvalue weighted by atomic mass is 35.5. The summed E-state index contributed by atoms with van der Waals surface area (Å²) >= 11 is 7.58. The van der Waals surface area contributed by atoms with E-state index in [1.807, 2.05) is 13.1 Å². The molecule has 1 N–H and O–H groups in total. The number of hydrogen-bond donors (Lipinski definition) is 1. The van der Waals surface area contributed by atoms with E-state index < -0.39 is 0 Å². The van der Waals surface area contributed by atoms with Gasteiger partial charge < -0.3 is 10.2 Å². The molecule has 0 aromatic carbocycles. The highest BCUT2D eigenvalue weighted by Crippen LogP contribution is 2.21. The molecule has 16 heavy (non-hydrogen) atoms. The Bertz CT molecular complexity index is 323. The van der Waals surface area contributed by atoms with E-state index in [2.05, 4.69) is 37.2 Å². The van der Waals surface area contributed by atoms with Crippen LogP contribution in [-0.2, 0) is 6.42 Å². The van der Waals surface area contributed by atoms with E-state index in [1.165, 1.54) is 4.88 Å². The molecule has 0 saturated carbocycles. The molecule has 1 rings (SSSR count). The summed E-state index contributed by atoms with van der Waals surface area (Å²) in [7, 11) is 4.17. The van der Waals surface area contributed by atoms with Gasteiger partial charge in [-0.2, -0.15) is 0 Å². The topological polar surface area (TPSA) is 15.3 Å². The summed E-state index contributed by atoms with van der Waals surface area (Å²) in [5.41, 5.74) is 0.168. The van der Waals surface area contributed by atoms with Gasteiger partial charge in [0.25, 0.3) is 0 Å². The maximum Gasteiger partial charge on any atom is 0.0931 e. The first-order valence-electron chi connectivity index (χ1n) is 5.54. The van der Waals surface area contributed by atoms with Crippen LogP contribution in [0.4, 0.5) is 0 Å². The summed E-state index contributed by atoms with van der Waals surface area (Å²) in [6.45, 7) is 6.54. The predicted molar refractivity (Wildman–Crippen MR) is 73.7 cm³/mol. The molecule has 0 bridgehead atoms. The van der Waals surface area contributed by atoms with Crippen LogP contribution in [0.25, 0.3) is 0 Å². The van der Waals surface area contributed by atoms with Crippen molar-refractivity contribution in [3.8, 4) is 0 Å². The van der Waals surface area contributed by atoms with Crippen LogP contribution in [0.2, 0.25) is 4.34 Å². The maximum atomic E-state index is 5.90. The van der Waals surface area contributed by atoms with Gasteiger partial charge in [0.05, 0.1) is 4.34 Å². The van der Waals surface area contributed by atoms with Gasteiger partial charge in [0, 0.05) is 23.5 Å². The molecule has 1 aromatic rings. The van der Waals surface area contributed by atoms with Gasteiger partial charge in [-0.15, -0.1) is 11.3 Å². The van der Waals surface area contributed by atoms with Crippen LogP contribution in [-0.4, -0.2) is 37.6 Å². The average molecular weight is 261 g/mol. The van der Waals surface area contributed by atoms with Crippen LogP contribution in [0.3, 0.4) is 0 Å². The van der Waals surface area contributed by atoms with E-state index in [4.69, 9.17) is 11.6 Å². The molecule has 0 aliphatic carbocycles. The fourth-order valence-electron chi connectivity index (χ4n) is 1.62. The Morgan fingerprint density at radius 1 is 1.44 bits per heavy atom. The maximum absolute atomic E-state index is 5.90. The molecular formula is C12H21ClN2S. The first-order valence-corrected chi connectivity index (χ1v) is 6.74. The van der Waals surface area contributed by atoms with Gasteiger partial charge in [0.1, 0.15) is 0 Å². The first-order chi connectivity index (χ1) is 7.43. The summed E-state index contributed by atoms with van der Waals surface area (Å²) in [6, 6.07) is 4.09.